The molecule has 0 saturated carbocycles. The number of rotatable bonds is 0. The van der Waals surface area contributed by atoms with E-state index in [9.17, 15) is 5.11 Å². The number of aliphatic hydroxyl groups is 1. The van der Waals surface area contributed by atoms with Gasteiger partial charge in [-0.15, -0.1) is 0 Å². The van der Waals surface area contributed by atoms with Crippen LogP contribution in [0.25, 0.3) is 0 Å². The van der Waals surface area contributed by atoms with Crippen LogP contribution >= 0.6 is 0 Å². The van der Waals surface area contributed by atoms with E-state index in [1.165, 1.54) is 5.57 Å². The number of allylic oxidation sites excluding steroid dienone is 2. The zero-order valence-electron chi connectivity index (χ0n) is 5.89. The monoisotopic (exact) mass is 124 g/mol. The molecule has 9 heavy (non-hydrogen) atoms. The number of aliphatic hydroxyl groups excluding tert-OH is 1. The first-order valence-electron chi connectivity index (χ1n) is 3.22. The Morgan fingerprint density at radius 3 is 2.56 bits per heavy atom. The van der Waals surface area contributed by atoms with E-state index in [0.29, 0.717) is 0 Å². The minimum absolute atomic E-state index is 0.227. The summed E-state index contributed by atoms with van der Waals surface area (Å²) in [6.45, 7) is 3.99. The summed E-state index contributed by atoms with van der Waals surface area (Å²) in [6.07, 6.45) is 4.61. The van der Waals surface area contributed by atoms with Crippen LogP contribution < -0.4 is 0 Å². The highest BCUT2D eigenvalue weighted by Gasteiger charge is 2.09. The summed E-state index contributed by atoms with van der Waals surface area (Å²) in [7, 11) is 0. The zero-order valence-corrected chi connectivity index (χ0v) is 5.89. The first-order valence-corrected chi connectivity index (χ1v) is 3.22. The van der Waals surface area contributed by atoms with Crippen molar-refractivity contribution >= 4 is 0 Å². The smallest absolute Gasteiger partial charge is 0.0787 e. The lowest BCUT2D eigenvalue weighted by molar-refractivity contribution is 0.209. The predicted octanol–water partition coefficient (Wildman–Crippen LogP) is 1.64. The van der Waals surface area contributed by atoms with E-state index in [2.05, 4.69) is 6.08 Å². The second kappa shape index (κ2) is 2.36. The molecule has 1 nitrogen and oxygen atoms in total. The molecule has 1 rings (SSSR count). The molecule has 0 radical (unpaired) electrons. The fraction of sp³-hybridized carbons (Fsp3) is 0.500. The SMILES string of the molecule is CC1=CC=C(C)C(O)C1. The Kier molecular flexibility index (Phi) is 1.72. The maximum absolute atomic E-state index is 9.24. The summed E-state index contributed by atoms with van der Waals surface area (Å²) in [5.41, 5.74) is 2.33. The minimum atomic E-state index is -0.227. The van der Waals surface area contributed by atoms with Crippen LogP contribution in [0.2, 0.25) is 0 Å². The van der Waals surface area contributed by atoms with Crippen LogP contribution in [0.5, 0.6) is 0 Å². The lowest BCUT2D eigenvalue weighted by Crippen LogP contribution is -2.10. The van der Waals surface area contributed by atoms with Crippen LogP contribution in [0.3, 0.4) is 0 Å². The largest absolute Gasteiger partial charge is 0.388 e. The summed E-state index contributed by atoms with van der Waals surface area (Å²) in [5.74, 6) is 0. The third kappa shape index (κ3) is 1.42. The summed E-state index contributed by atoms with van der Waals surface area (Å²) in [5, 5.41) is 9.24. The Labute approximate surface area is 55.7 Å². The molecule has 1 heteroatoms. The average molecular weight is 124 g/mol. The quantitative estimate of drug-likeness (QED) is 0.520. The van der Waals surface area contributed by atoms with Gasteiger partial charge in [0.15, 0.2) is 0 Å². The number of hydrogen-bond donors (Lipinski definition) is 1. The number of hydrogen-bond acceptors (Lipinski definition) is 1. The normalized spacial score (nSPS) is 27.2. The highest BCUT2D eigenvalue weighted by molar-refractivity contribution is 5.24. The Morgan fingerprint density at radius 2 is 2.11 bits per heavy atom. The van der Waals surface area contributed by atoms with Crippen molar-refractivity contribution in [1.82, 2.24) is 0 Å². The lowest BCUT2D eigenvalue weighted by Gasteiger charge is -2.14. The summed E-state index contributed by atoms with van der Waals surface area (Å²) < 4.78 is 0. The standard InChI is InChI=1S/C8H12O/c1-6-3-4-7(2)8(9)5-6/h3-4,8-9H,5H2,1-2H3. The Morgan fingerprint density at radius 1 is 1.44 bits per heavy atom. The van der Waals surface area contributed by atoms with Crippen molar-refractivity contribution in [3.8, 4) is 0 Å². The predicted molar refractivity (Wildman–Crippen MR) is 38.1 cm³/mol. The third-order valence-electron chi connectivity index (χ3n) is 1.67. The van der Waals surface area contributed by atoms with Gasteiger partial charge in [-0.1, -0.05) is 17.7 Å². The molecule has 0 aromatic carbocycles. The van der Waals surface area contributed by atoms with Gasteiger partial charge in [0.2, 0.25) is 0 Å². The molecule has 1 aliphatic carbocycles. The lowest BCUT2D eigenvalue weighted by atomic mass is 9.98. The molecular weight excluding hydrogens is 112 g/mol. The topological polar surface area (TPSA) is 20.2 Å². The van der Waals surface area contributed by atoms with Crippen molar-refractivity contribution in [3.05, 3.63) is 23.3 Å². The van der Waals surface area contributed by atoms with E-state index in [1.807, 2.05) is 19.9 Å². The van der Waals surface area contributed by atoms with E-state index >= 15 is 0 Å². The molecule has 0 heterocycles. The molecular formula is C8H12O. The van der Waals surface area contributed by atoms with Crippen molar-refractivity contribution in [2.45, 2.75) is 26.4 Å². The van der Waals surface area contributed by atoms with Gasteiger partial charge in [-0.3, -0.25) is 0 Å². The molecule has 0 fully saturated rings. The fourth-order valence-electron chi connectivity index (χ4n) is 0.919. The molecule has 0 amide bonds. The van der Waals surface area contributed by atoms with Gasteiger partial charge >= 0.3 is 0 Å². The summed E-state index contributed by atoms with van der Waals surface area (Å²) >= 11 is 0. The first-order chi connectivity index (χ1) is 4.20. The third-order valence-corrected chi connectivity index (χ3v) is 1.67. The van der Waals surface area contributed by atoms with Crippen LogP contribution in [-0.2, 0) is 0 Å². The van der Waals surface area contributed by atoms with Crippen LogP contribution in [0.4, 0.5) is 0 Å². The van der Waals surface area contributed by atoms with E-state index in [-0.39, 0.29) is 6.10 Å². The molecule has 50 valence electrons. The van der Waals surface area contributed by atoms with Crippen LogP contribution in [0.15, 0.2) is 23.3 Å². The second-order valence-electron chi connectivity index (χ2n) is 2.64. The van der Waals surface area contributed by atoms with Gasteiger partial charge < -0.3 is 5.11 Å². The molecule has 1 aliphatic rings. The van der Waals surface area contributed by atoms with Gasteiger partial charge in [0.1, 0.15) is 0 Å². The zero-order chi connectivity index (χ0) is 6.85. The van der Waals surface area contributed by atoms with Crippen molar-refractivity contribution in [3.63, 3.8) is 0 Å². The highest BCUT2D eigenvalue weighted by Crippen LogP contribution is 2.17. The molecule has 1 N–H and O–H groups in total. The Hall–Kier alpha value is -0.560. The Bertz CT molecular complexity index is 165. The maximum atomic E-state index is 9.24. The van der Waals surface area contributed by atoms with Gasteiger partial charge in [-0.2, -0.15) is 0 Å². The van der Waals surface area contributed by atoms with Crippen LogP contribution in [0, 0.1) is 0 Å². The molecule has 0 aromatic heterocycles. The second-order valence-corrected chi connectivity index (χ2v) is 2.64. The van der Waals surface area contributed by atoms with E-state index in [0.717, 1.165) is 12.0 Å². The highest BCUT2D eigenvalue weighted by atomic mass is 16.3. The molecule has 0 bridgehead atoms. The van der Waals surface area contributed by atoms with Gasteiger partial charge in [-0.05, 0) is 25.8 Å². The molecule has 1 unspecified atom stereocenters. The molecule has 0 saturated heterocycles. The van der Waals surface area contributed by atoms with Crippen molar-refractivity contribution in [2.75, 3.05) is 0 Å². The average Bonchev–Trinajstić information content (AvgIpc) is 1.80. The van der Waals surface area contributed by atoms with Crippen molar-refractivity contribution in [1.29, 1.82) is 0 Å². The van der Waals surface area contributed by atoms with Gasteiger partial charge in [0.25, 0.3) is 0 Å². The van der Waals surface area contributed by atoms with Crippen LogP contribution in [0.1, 0.15) is 20.3 Å². The van der Waals surface area contributed by atoms with E-state index in [1.54, 1.807) is 0 Å². The first kappa shape index (κ1) is 6.56. The van der Waals surface area contributed by atoms with Crippen LogP contribution in [-0.4, -0.2) is 11.2 Å². The van der Waals surface area contributed by atoms with E-state index < -0.39 is 0 Å². The molecule has 0 spiro atoms. The Balaban J connectivity index is 2.74. The summed E-state index contributed by atoms with van der Waals surface area (Å²) in [6, 6.07) is 0. The fourth-order valence-corrected chi connectivity index (χ4v) is 0.919. The molecule has 0 aromatic rings. The molecule has 0 aliphatic heterocycles. The minimum Gasteiger partial charge on any atom is -0.388 e. The van der Waals surface area contributed by atoms with Crippen molar-refractivity contribution < 1.29 is 5.11 Å². The molecule has 1 atom stereocenters. The van der Waals surface area contributed by atoms with Crippen molar-refractivity contribution in [2.24, 2.45) is 0 Å². The van der Waals surface area contributed by atoms with E-state index in [4.69, 9.17) is 0 Å². The van der Waals surface area contributed by atoms with Gasteiger partial charge in [-0.25, -0.2) is 0 Å². The van der Waals surface area contributed by atoms with Gasteiger partial charge in [0, 0.05) is 0 Å². The summed E-state index contributed by atoms with van der Waals surface area (Å²) in [4.78, 5) is 0. The maximum Gasteiger partial charge on any atom is 0.0787 e. The van der Waals surface area contributed by atoms with Gasteiger partial charge in [0.05, 0.1) is 6.10 Å².